The molecule has 0 spiro atoms. The highest BCUT2D eigenvalue weighted by atomic mass is 19.3. The number of anilines is 3. The van der Waals surface area contributed by atoms with E-state index in [1.807, 2.05) is 19.1 Å². The van der Waals surface area contributed by atoms with Crippen LogP contribution in [-0.4, -0.2) is 63.2 Å². The summed E-state index contributed by atoms with van der Waals surface area (Å²) >= 11 is 0. The van der Waals surface area contributed by atoms with Gasteiger partial charge in [-0.2, -0.15) is 8.78 Å². The Bertz CT molecular complexity index is 1030. The molecule has 2 aromatic rings. The van der Waals surface area contributed by atoms with E-state index in [-0.39, 0.29) is 24.8 Å². The van der Waals surface area contributed by atoms with Crippen LogP contribution in [0.5, 0.6) is 5.75 Å². The Hall–Kier alpha value is -3.44. The van der Waals surface area contributed by atoms with E-state index in [1.54, 1.807) is 6.07 Å². The molecule has 1 saturated heterocycles. The van der Waals surface area contributed by atoms with Crippen molar-refractivity contribution in [1.29, 1.82) is 0 Å². The topological polar surface area (TPSA) is 109 Å². The van der Waals surface area contributed by atoms with Crippen LogP contribution < -0.4 is 20.3 Å². The molecule has 0 aromatic heterocycles. The van der Waals surface area contributed by atoms with E-state index in [0.717, 1.165) is 24.1 Å². The first-order valence-electron chi connectivity index (χ1n) is 12.1. The first-order chi connectivity index (χ1) is 17.8. The molecule has 2 aromatic carbocycles. The lowest BCUT2D eigenvalue weighted by Crippen LogP contribution is -2.40. The zero-order valence-corrected chi connectivity index (χ0v) is 20.9. The van der Waals surface area contributed by atoms with Gasteiger partial charge in [-0.05, 0) is 61.7 Å². The third kappa shape index (κ3) is 8.29. The van der Waals surface area contributed by atoms with Gasteiger partial charge in [-0.1, -0.05) is 6.07 Å². The highest BCUT2D eigenvalue weighted by Gasteiger charge is 2.25. The molecule has 3 N–H and O–H groups in total. The minimum Gasteiger partial charge on any atom is -0.481 e. The van der Waals surface area contributed by atoms with Gasteiger partial charge >= 0.3 is 18.6 Å². The third-order valence-corrected chi connectivity index (χ3v) is 6.15. The molecular weight excluding hydrogens is 488 g/mol. The van der Waals surface area contributed by atoms with Gasteiger partial charge in [0.15, 0.2) is 0 Å². The summed E-state index contributed by atoms with van der Waals surface area (Å²) in [5.74, 6) is -1.37. The summed E-state index contributed by atoms with van der Waals surface area (Å²) in [6.45, 7) is 1.32. The van der Waals surface area contributed by atoms with Crippen molar-refractivity contribution in [3.05, 3.63) is 48.0 Å². The number of carbonyl (C=O) groups excluding carboxylic acids is 1. The average molecular weight is 522 g/mol. The van der Waals surface area contributed by atoms with Crippen LogP contribution in [0.4, 0.5) is 30.6 Å². The molecule has 1 fully saturated rings. The fraction of sp³-hybridized carbons (Fsp3) is 0.462. The Balaban J connectivity index is 1.87. The number of benzene rings is 2. The van der Waals surface area contributed by atoms with E-state index in [1.165, 1.54) is 31.4 Å². The monoisotopic (exact) mass is 521 g/mol. The molecule has 202 valence electrons. The van der Waals surface area contributed by atoms with Crippen molar-refractivity contribution >= 4 is 29.1 Å². The zero-order valence-electron chi connectivity index (χ0n) is 20.9. The summed E-state index contributed by atoms with van der Waals surface area (Å²) in [5, 5.41) is 14.9. The molecule has 1 heterocycles. The lowest BCUT2D eigenvalue weighted by Gasteiger charge is -2.36. The summed E-state index contributed by atoms with van der Waals surface area (Å²) in [5.41, 5.74) is 2.43. The van der Waals surface area contributed by atoms with Crippen LogP contribution in [0, 0.1) is 0 Å². The molecule has 1 aliphatic rings. The van der Waals surface area contributed by atoms with Gasteiger partial charge in [0, 0.05) is 44.5 Å². The normalized spacial score (nSPS) is 14.7. The molecular formula is C26H33F2N3O6. The quantitative estimate of drug-likeness (QED) is 0.355. The predicted octanol–water partition coefficient (Wildman–Crippen LogP) is 5.14. The number of carboxylic acid groups (broad SMARTS) is 1. The maximum Gasteiger partial charge on any atom is 0.387 e. The maximum absolute atomic E-state index is 12.9. The average Bonchev–Trinajstić information content (AvgIpc) is 2.86. The van der Waals surface area contributed by atoms with Crippen LogP contribution in [0.1, 0.15) is 37.7 Å². The van der Waals surface area contributed by atoms with Gasteiger partial charge < -0.3 is 34.9 Å². The zero-order chi connectivity index (χ0) is 26.8. The van der Waals surface area contributed by atoms with Crippen molar-refractivity contribution in [2.75, 3.05) is 49.0 Å². The van der Waals surface area contributed by atoms with Gasteiger partial charge in [0.1, 0.15) is 5.75 Å². The first-order valence-corrected chi connectivity index (χ1v) is 12.1. The lowest BCUT2D eigenvalue weighted by atomic mass is 9.95. The number of ether oxygens (including phenoxy) is 3. The minimum absolute atomic E-state index is 0.0198. The highest BCUT2D eigenvalue weighted by molar-refractivity contribution is 6.02. The molecule has 11 heteroatoms. The number of carboxylic acids is 1. The van der Waals surface area contributed by atoms with Crippen molar-refractivity contribution in [2.24, 2.45) is 0 Å². The number of amides is 2. The Morgan fingerprint density at radius 3 is 2.43 bits per heavy atom. The smallest absolute Gasteiger partial charge is 0.387 e. The van der Waals surface area contributed by atoms with Gasteiger partial charge in [0.25, 0.3) is 0 Å². The number of halogens is 2. The van der Waals surface area contributed by atoms with E-state index in [0.29, 0.717) is 31.1 Å². The van der Waals surface area contributed by atoms with Crippen LogP contribution in [0.2, 0.25) is 0 Å². The number of carbonyl (C=O) groups is 2. The maximum atomic E-state index is 12.9. The van der Waals surface area contributed by atoms with Crippen LogP contribution in [0.25, 0.3) is 0 Å². The molecule has 0 unspecified atom stereocenters. The van der Waals surface area contributed by atoms with Gasteiger partial charge in [0.05, 0.1) is 24.4 Å². The second-order valence-corrected chi connectivity index (χ2v) is 8.64. The summed E-state index contributed by atoms with van der Waals surface area (Å²) in [4.78, 5) is 26.6. The van der Waals surface area contributed by atoms with Crippen molar-refractivity contribution in [2.45, 2.75) is 44.8 Å². The van der Waals surface area contributed by atoms with Gasteiger partial charge in [-0.25, -0.2) is 4.79 Å². The largest absolute Gasteiger partial charge is 0.481 e. The number of aliphatic carboxylic acids is 1. The number of rotatable bonds is 12. The molecule has 1 atom stereocenters. The Kier molecular flexibility index (Phi) is 10.5. The number of hydrogen-bond donors (Lipinski definition) is 3. The number of nitrogens with one attached hydrogen (secondary N) is 2. The summed E-state index contributed by atoms with van der Waals surface area (Å²) in [6, 6.07) is 10.8. The molecule has 0 radical (unpaired) electrons. The van der Waals surface area contributed by atoms with E-state index in [4.69, 9.17) is 9.47 Å². The molecule has 0 saturated carbocycles. The fourth-order valence-electron chi connectivity index (χ4n) is 4.47. The second-order valence-electron chi connectivity index (χ2n) is 8.64. The van der Waals surface area contributed by atoms with Crippen LogP contribution in [0.15, 0.2) is 42.5 Å². The van der Waals surface area contributed by atoms with E-state index >= 15 is 0 Å². The third-order valence-electron chi connectivity index (χ3n) is 6.15. The summed E-state index contributed by atoms with van der Waals surface area (Å²) < 4.78 is 39.9. The summed E-state index contributed by atoms with van der Waals surface area (Å²) in [6.07, 6.45) is 1.57. The first kappa shape index (κ1) is 28.1. The molecule has 37 heavy (non-hydrogen) atoms. The molecule has 2 amide bonds. The second kappa shape index (κ2) is 13.8. The van der Waals surface area contributed by atoms with Crippen molar-refractivity contribution in [1.82, 2.24) is 0 Å². The molecule has 3 rings (SSSR count). The van der Waals surface area contributed by atoms with Crippen LogP contribution in [0.3, 0.4) is 0 Å². The van der Waals surface area contributed by atoms with E-state index in [9.17, 15) is 23.5 Å². The van der Waals surface area contributed by atoms with Gasteiger partial charge in [-0.15, -0.1) is 0 Å². The number of hydrogen-bond acceptors (Lipinski definition) is 6. The SMILES string of the molecule is CCN(c1ccc([C@H](COC)CC(=O)O)cc1NC(=O)Nc1ccc(OC(F)F)cc1)C1CCOCC1. The Morgan fingerprint density at radius 1 is 1.14 bits per heavy atom. The molecule has 0 aliphatic carbocycles. The number of urea groups is 1. The fourth-order valence-corrected chi connectivity index (χ4v) is 4.47. The number of methoxy groups -OCH3 is 1. The highest BCUT2D eigenvalue weighted by Crippen LogP contribution is 2.34. The van der Waals surface area contributed by atoms with Crippen LogP contribution in [-0.2, 0) is 14.3 Å². The van der Waals surface area contributed by atoms with Gasteiger partial charge in [0.2, 0.25) is 0 Å². The Morgan fingerprint density at radius 2 is 1.84 bits per heavy atom. The predicted molar refractivity (Wildman–Crippen MR) is 136 cm³/mol. The molecule has 1 aliphatic heterocycles. The molecule has 9 nitrogen and oxygen atoms in total. The van der Waals surface area contributed by atoms with Crippen molar-refractivity contribution < 1.29 is 37.7 Å². The van der Waals surface area contributed by atoms with Crippen LogP contribution >= 0.6 is 0 Å². The van der Waals surface area contributed by atoms with E-state index < -0.39 is 24.5 Å². The minimum atomic E-state index is -2.94. The lowest BCUT2D eigenvalue weighted by molar-refractivity contribution is -0.137. The Labute approximate surface area is 214 Å². The van der Waals surface area contributed by atoms with Crippen molar-refractivity contribution in [3.8, 4) is 5.75 Å². The number of alkyl halides is 2. The van der Waals surface area contributed by atoms with E-state index in [2.05, 4.69) is 20.3 Å². The molecule has 0 bridgehead atoms. The number of nitrogens with zero attached hydrogens (tertiary/aromatic N) is 1. The summed E-state index contributed by atoms with van der Waals surface area (Å²) in [7, 11) is 1.51. The standard InChI is InChI=1S/C26H33F2N3O6/c1-3-31(20-10-12-36-13-11-20)23-9-4-17(18(16-35-2)15-24(32)33)14-22(23)30-26(34)29-19-5-7-21(8-6-19)37-25(27)28/h4-9,14,18,20,25H,3,10-13,15-16H2,1-2H3,(H,32,33)(H2,29,30,34)/t18-/m0/s1. The van der Waals surface area contributed by atoms with Crippen molar-refractivity contribution in [3.63, 3.8) is 0 Å². The van der Waals surface area contributed by atoms with Gasteiger partial charge in [-0.3, -0.25) is 4.79 Å².